The molecule has 0 spiro atoms. The van der Waals surface area contributed by atoms with E-state index in [1.54, 1.807) is 0 Å². The van der Waals surface area contributed by atoms with Crippen molar-refractivity contribution in [3.8, 4) is 0 Å². The number of nitrogens with zero attached hydrogens (tertiary/aromatic N) is 1. The van der Waals surface area contributed by atoms with Crippen LogP contribution in [-0.2, 0) is 6.54 Å². The molecule has 0 amide bonds. The molecule has 0 radical (unpaired) electrons. The average molecular weight is 205 g/mol. The van der Waals surface area contributed by atoms with Crippen molar-refractivity contribution in [1.82, 2.24) is 4.90 Å². The molecule has 82 valence electrons. The molecule has 2 heteroatoms. The van der Waals surface area contributed by atoms with Gasteiger partial charge >= 0.3 is 0 Å². The third kappa shape index (κ3) is 2.58. The van der Waals surface area contributed by atoms with Gasteiger partial charge in [0.25, 0.3) is 0 Å². The first-order valence-electron chi connectivity index (χ1n) is 5.61. The topological polar surface area (TPSA) is 23.5 Å². The number of hydrogen-bond donors (Lipinski definition) is 1. The molecular formula is C13H19NO. The first kappa shape index (κ1) is 10.7. The monoisotopic (exact) mass is 205 g/mol. The van der Waals surface area contributed by atoms with Crippen LogP contribution in [0.25, 0.3) is 0 Å². The van der Waals surface area contributed by atoms with Crippen molar-refractivity contribution >= 4 is 0 Å². The van der Waals surface area contributed by atoms with Crippen molar-refractivity contribution < 1.29 is 5.11 Å². The van der Waals surface area contributed by atoms with Crippen molar-refractivity contribution in [2.24, 2.45) is 0 Å². The number of hydrogen-bond acceptors (Lipinski definition) is 2. The van der Waals surface area contributed by atoms with E-state index in [1.807, 2.05) is 0 Å². The van der Waals surface area contributed by atoms with Crippen LogP contribution in [0.5, 0.6) is 0 Å². The molecule has 0 saturated carbocycles. The van der Waals surface area contributed by atoms with E-state index in [1.165, 1.54) is 16.7 Å². The van der Waals surface area contributed by atoms with Gasteiger partial charge in [0.05, 0.1) is 6.10 Å². The molecule has 1 atom stereocenters. The van der Waals surface area contributed by atoms with E-state index in [0.717, 1.165) is 26.1 Å². The summed E-state index contributed by atoms with van der Waals surface area (Å²) in [4.78, 5) is 2.31. The van der Waals surface area contributed by atoms with Crippen LogP contribution in [0.15, 0.2) is 18.2 Å². The molecule has 2 rings (SSSR count). The smallest absolute Gasteiger partial charge is 0.0679 e. The van der Waals surface area contributed by atoms with Gasteiger partial charge in [-0.1, -0.05) is 18.2 Å². The van der Waals surface area contributed by atoms with Crippen molar-refractivity contribution in [3.05, 3.63) is 34.9 Å². The standard InChI is InChI=1S/C13H19NO/c1-10-3-4-12(7-11(10)2)8-14-6-5-13(15)9-14/h3-4,7,13,15H,5-6,8-9H2,1-2H3/t13-/m1/s1. The van der Waals surface area contributed by atoms with Gasteiger partial charge in [0.15, 0.2) is 0 Å². The number of benzene rings is 1. The molecule has 1 aliphatic rings. The van der Waals surface area contributed by atoms with E-state index in [0.29, 0.717) is 0 Å². The van der Waals surface area contributed by atoms with Gasteiger partial charge in [-0.3, -0.25) is 4.90 Å². The molecule has 1 saturated heterocycles. The molecule has 0 unspecified atom stereocenters. The number of aliphatic hydroxyl groups excluding tert-OH is 1. The SMILES string of the molecule is Cc1ccc(CN2CC[C@@H](O)C2)cc1C. The quantitative estimate of drug-likeness (QED) is 0.796. The maximum Gasteiger partial charge on any atom is 0.0679 e. The number of likely N-dealkylation sites (tertiary alicyclic amines) is 1. The van der Waals surface area contributed by atoms with E-state index >= 15 is 0 Å². The second-order valence-electron chi connectivity index (χ2n) is 4.60. The molecule has 0 aliphatic carbocycles. The van der Waals surface area contributed by atoms with Crippen LogP contribution in [0.2, 0.25) is 0 Å². The van der Waals surface area contributed by atoms with Gasteiger partial charge in [0.1, 0.15) is 0 Å². The molecule has 1 aromatic carbocycles. The lowest BCUT2D eigenvalue weighted by atomic mass is 10.1. The van der Waals surface area contributed by atoms with Crippen LogP contribution in [0.3, 0.4) is 0 Å². The first-order valence-corrected chi connectivity index (χ1v) is 5.61. The van der Waals surface area contributed by atoms with Crippen LogP contribution in [-0.4, -0.2) is 29.2 Å². The van der Waals surface area contributed by atoms with Crippen LogP contribution in [0.4, 0.5) is 0 Å². The predicted octanol–water partition coefficient (Wildman–Crippen LogP) is 1.87. The van der Waals surface area contributed by atoms with Crippen LogP contribution >= 0.6 is 0 Å². The van der Waals surface area contributed by atoms with Crippen molar-refractivity contribution in [3.63, 3.8) is 0 Å². The summed E-state index contributed by atoms with van der Waals surface area (Å²) in [6.45, 7) is 7.11. The number of aryl methyl sites for hydroxylation is 2. The van der Waals surface area contributed by atoms with Gasteiger partial charge in [-0.15, -0.1) is 0 Å². The summed E-state index contributed by atoms with van der Waals surface area (Å²) in [6, 6.07) is 6.62. The zero-order chi connectivity index (χ0) is 10.8. The molecule has 0 aromatic heterocycles. The molecule has 15 heavy (non-hydrogen) atoms. The fraction of sp³-hybridized carbons (Fsp3) is 0.538. The third-order valence-electron chi connectivity index (χ3n) is 3.22. The van der Waals surface area contributed by atoms with E-state index in [9.17, 15) is 5.11 Å². The summed E-state index contributed by atoms with van der Waals surface area (Å²) in [5.41, 5.74) is 4.06. The average Bonchev–Trinajstić information content (AvgIpc) is 2.58. The van der Waals surface area contributed by atoms with E-state index in [2.05, 4.69) is 36.9 Å². The number of aliphatic hydroxyl groups is 1. The largest absolute Gasteiger partial charge is 0.392 e. The Kier molecular flexibility index (Phi) is 3.08. The summed E-state index contributed by atoms with van der Waals surface area (Å²) in [7, 11) is 0. The first-order chi connectivity index (χ1) is 7.15. The molecular weight excluding hydrogens is 186 g/mol. The van der Waals surface area contributed by atoms with E-state index in [-0.39, 0.29) is 6.10 Å². The zero-order valence-electron chi connectivity index (χ0n) is 9.53. The molecule has 1 fully saturated rings. The minimum Gasteiger partial charge on any atom is -0.392 e. The van der Waals surface area contributed by atoms with E-state index in [4.69, 9.17) is 0 Å². The zero-order valence-corrected chi connectivity index (χ0v) is 9.53. The molecule has 1 N–H and O–H groups in total. The van der Waals surface area contributed by atoms with Gasteiger partial charge in [0, 0.05) is 19.6 Å². The number of β-amino-alcohol motifs (C(OH)–C–C–N with tert-alkyl or cyclic N) is 1. The third-order valence-corrected chi connectivity index (χ3v) is 3.22. The highest BCUT2D eigenvalue weighted by Gasteiger charge is 2.19. The summed E-state index contributed by atoms with van der Waals surface area (Å²) in [5.74, 6) is 0. The van der Waals surface area contributed by atoms with Crippen molar-refractivity contribution in [2.75, 3.05) is 13.1 Å². The number of rotatable bonds is 2. The minimum atomic E-state index is -0.114. The summed E-state index contributed by atoms with van der Waals surface area (Å²) in [6.07, 6.45) is 0.807. The predicted molar refractivity (Wildman–Crippen MR) is 61.8 cm³/mol. The van der Waals surface area contributed by atoms with Crippen molar-refractivity contribution in [1.29, 1.82) is 0 Å². The highest BCUT2D eigenvalue weighted by molar-refractivity contribution is 5.29. The summed E-state index contributed by atoms with van der Waals surface area (Å²) >= 11 is 0. The van der Waals surface area contributed by atoms with Crippen molar-refractivity contribution in [2.45, 2.75) is 32.9 Å². The Hall–Kier alpha value is -0.860. The highest BCUT2D eigenvalue weighted by atomic mass is 16.3. The lowest BCUT2D eigenvalue weighted by Crippen LogP contribution is -2.21. The Morgan fingerprint density at radius 2 is 2.13 bits per heavy atom. The van der Waals surface area contributed by atoms with Crippen LogP contribution < -0.4 is 0 Å². The molecule has 2 nitrogen and oxygen atoms in total. The van der Waals surface area contributed by atoms with Gasteiger partial charge in [-0.25, -0.2) is 0 Å². The van der Waals surface area contributed by atoms with Gasteiger partial charge in [0.2, 0.25) is 0 Å². The van der Waals surface area contributed by atoms with Gasteiger partial charge < -0.3 is 5.11 Å². The molecule has 0 bridgehead atoms. The van der Waals surface area contributed by atoms with Gasteiger partial charge in [-0.05, 0) is 37.0 Å². The van der Waals surface area contributed by atoms with Crippen LogP contribution in [0.1, 0.15) is 23.1 Å². The van der Waals surface area contributed by atoms with Gasteiger partial charge in [-0.2, -0.15) is 0 Å². The second kappa shape index (κ2) is 4.33. The Bertz CT molecular complexity index is 348. The second-order valence-corrected chi connectivity index (χ2v) is 4.60. The minimum absolute atomic E-state index is 0.114. The molecule has 1 aliphatic heterocycles. The molecule has 1 aromatic rings. The van der Waals surface area contributed by atoms with E-state index < -0.39 is 0 Å². The lowest BCUT2D eigenvalue weighted by molar-refractivity contribution is 0.175. The lowest BCUT2D eigenvalue weighted by Gasteiger charge is -2.15. The Balaban J connectivity index is 2.02. The Labute approximate surface area is 91.5 Å². The Morgan fingerprint density at radius 1 is 1.33 bits per heavy atom. The highest BCUT2D eigenvalue weighted by Crippen LogP contribution is 2.15. The maximum absolute atomic E-state index is 9.43. The molecule has 1 heterocycles. The summed E-state index contributed by atoms with van der Waals surface area (Å²) < 4.78 is 0. The summed E-state index contributed by atoms with van der Waals surface area (Å²) in [5, 5.41) is 9.43. The fourth-order valence-corrected chi connectivity index (χ4v) is 2.12. The normalized spacial score (nSPS) is 22.2. The maximum atomic E-state index is 9.43. The Morgan fingerprint density at radius 3 is 2.73 bits per heavy atom. The fourth-order valence-electron chi connectivity index (χ4n) is 2.12. The van der Waals surface area contributed by atoms with Crippen LogP contribution in [0, 0.1) is 13.8 Å².